The maximum absolute atomic E-state index is 13.1. The molecule has 0 fully saturated rings. The molecule has 0 bridgehead atoms. The highest BCUT2D eigenvalue weighted by molar-refractivity contribution is 5.95. The third kappa shape index (κ3) is 11.7. The predicted molar refractivity (Wildman–Crippen MR) is 178 cm³/mol. The highest BCUT2D eigenvalue weighted by Gasteiger charge is 2.20. The molecular formula is C33H41N5O12. The number of hydrogen-bond acceptors (Lipinski definition) is 11. The van der Waals surface area contributed by atoms with E-state index in [1.54, 1.807) is 37.4 Å². The van der Waals surface area contributed by atoms with Crippen LogP contribution in [0.3, 0.4) is 0 Å². The number of methoxy groups -OCH3 is 1. The number of carboxylic acids is 2. The molecule has 3 rings (SSSR count). The minimum Gasteiger partial charge on any atom is -0.477 e. The van der Waals surface area contributed by atoms with Crippen LogP contribution in [-0.4, -0.2) is 121 Å². The second-order valence-corrected chi connectivity index (χ2v) is 10.7. The summed E-state index contributed by atoms with van der Waals surface area (Å²) in [7, 11) is 2.83. The first-order valence-corrected chi connectivity index (χ1v) is 15.6. The summed E-state index contributed by atoms with van der Waals surface area (Å²) in [5.41, 5.74) is -2.28. The molecule has 0 radical (unpaired) electrons. The molecular weight excluding hydrogens is 658 g/mol. The van der Waals surface area contributed by atoms with Gasteiger partial charge in [-0.15, -0.1) is 4.73 Å². The van der Waals surface area contributed by atoms with Crippen LogP contribution in [0.25, 0.3) is 0 Å². The van der Waals surface area contributed by atoms with Gasteiger partial charge in [-0.1, -0.05) is 30.3 Å². The summed E-state index contributed by atoms with van der Waals surface area (Å²) in [6.45, 7) is 2.82. The van der Waals surface area contributed by atoms with Crippen molar-refractivity contribution < 1.29 is 48.4 Å². The molecule has 0 atom stereocenters. The molecule has 270 valence electrons. The lowest BCUT2D eigenvalue weighted by Gasteiger charge is -2.23. The van der Waals surface area contributed by atoms with Gasteiger partial charge in [-0.05, 0) is 29.8 Å². The fraction of sp³-hybridized carbons (Fsp3) is 0.394. The molecule has 3 aromatic rings. The second-order valence-electron chi connectivity index (χ2n) is 10.7. The number of aromatic carboxylic acids is 2. The van der Waals surface area contributed by atoms with Gasteiger partial charge >= 0.3 is 11.9 Å². The first-order valence-electron chi connectivity index (χ1n) is 15.6. The molecule has 0 unspecified atom stereocenters. The summed E-state index contributed by atoms with van der Waals surface area (Å²) < 4.78 is 17.4. The number of pyridine rings is 2. The number of carbonyl (C=O) groups is 4. The number of aromatic nitrogens is 2. The molecule has 0 aliphatic carbocycles. The number of carboxylic acid groups (broad SMARTS) is 2. The van der Waals surface area contributed by atoms with Gasteiger partial charge in [-0.25, -0.2) is 9.59 Å². The number of amides is 2. The highest BCUT2D eigenvalue weighted by atomic mass is 16.7. The maximum atomic E-state index is 13.1. The third-order valence-electron chi connectivity index (χ3n) is 7.26. The largest absolute Gasteiger partial charge is 0.477 e. The molecule has 2 heterocycles. The number of carbonyl (C=O) groups excluding carboxylic acids is 2. The van der Waals surface area contributed by atoms with Crippen molar-refractivity contribution in [2.24, 2.45) is 7.05 Å². The summed E-state index contributed by atoms with van der Waals surface area (Å²) in [5.74, 6) is -4.15. The van der Waals surface area contributed by atoms with Crippen molar-refractivity contribution in [3.05, 3.63) is 103 Å². The topological polar surface area (TPSA) is 217 Å². The first kappa shape index (κ1) is 39.1. The van der Waals surface area contributed by atoms with E-state index in [0.717, 1.165) is 22.8 Å². The number of rotatable bonds is 22. The van der Waals surface area contributed by atoms with Gasteiger partial charge < -0.3 is 44.5 Å². The zero-order valence-electron chi connectivity index (χ0n) is 27.8. The third-order valence-corrected chi connectivity index (χ3v) is 7.26. The van der Waals surface area contributed by atoms with E-state index in [4.69, 9.17) is 19.0 Å². The molecule has 4 N–H and O–H groups in total. The van der Waals surface area contributed by atoms with Crippen LogP contribution in [0.1, 0.15) is 47.3 Å². The molecule has 50 heavy (non-hydrogen) atoms. The number of benzene rings is 1. The Hall–Kier alpha value is -5.36. The van der Waals surface area contributed by atoms with E-state index in [1.807, 2.05) is 4.90 Å². The number of ether oxygens (including phenoxy) is 3. The van der Waals surface area contributed by atoms with Crippen LogP contribution in [0.5, 0.6) is 0 Å². The van der Waals surface area contributed by atoms with Crippen molar-refractivity contribution in [3.63, 3.8) is 0 Å². The van der Waals surface area contributed by atoms with E-state index in [2.05, 4.69) is 10.6 Å². The molecule has 2 aromatic heterocycles. The zero-order chi connectivity index (χ0) is 36.5. The molecule has 0 spiro atoms. The molecule has 17 nitrogen and oxygen atoms in total. The SMILES string of the molecule is COCCOCCOCCN(CCNC(=O)c1ccc(C(=O)O)n(C)c1=O)CCNC(=O)c1ccc(C(=O)O)n(OCc2ccccc2)c1=O. The monoisotopic (exact) mass is 699 g/mol. The van der Waals surface area contributed by atoms with Crippen LogP contribution in [-0.2, 0) is 27.9 Å². The van der Waals surface area contributed by atoms with Gasteiger partial charge in [0.1, 0.15) is 23.4 Å². The number of nitrogens with zero attached hydrogens (tertiary/aromatic N) is 3. The quantitative estimate of drug-likeness (QED) is 0.0994. The molecule has 0 saturated heterocycles. The maximum Gasteiger partial charge on any atom is 0.356 e. The van der Waals surface area contributed by atoms with E-state index >= 15 is 0 Å². The lowest BCUT2D eigenvalue weighted by atomic mass is 10.2. The van der Waals surface area contributed by atoms with Gasteiger partial charge in [0.05, 0.1) is 33.0 Å². The standard InChI is InChI=1S/C33H41N5O12/c1-36-26(32(43)44)10-8-24(30(36)41)28(39)34-12-14-37(16-17-48-20-21-49-19-18-47-2)15-13-35-29(40)25-9-11-27(33(45)46)38(31(25)42)50-22-23-6-4-3-5-7-23/h3-11H,12-22H2,1-2H3,(H,34,39)(H,35,40)(H,43,44)(H,45,46). The van der Waals surface area contributed by atoms with E-state index in [0.29, 0.717) is 43.3 Å². The lowest BCUT2D eigenvalue weighted by molar-refractivity contribution is 0.0196. The number of hydrogen-bond donors (Lipinski definition) is 4. The molecule has 0 saturated carbocycles. The van der Waals surface area contributed by atoms with Crippen molar-refractivity contribution in [3.8, 4) is 0 Å². The van der Waals surface area contributed by atoms with Gasteiger partial charge in [0, 0.05) is 46.9 Å². The van der Waals surface area contributed by atoms with E-state index in [-0.39, 0.29) is 56.2 Å². The van der Waals surface area contributed by atoms with Crippen LogP contribution >= 0.6 is 0 Å². The van der Waals surface area contributed by atoms with Crippen molar-refractivity contribution in [1.82, 2.24) is 24.8 Å². The second kappa shape index (κ2) is 20.2. The Morgan fingerprint density at radius 3 is 1.82 bits per heavy atom. The van der Waals surface area contributed by atoms with Crippen molar-refractivity contribution in [2.75, 3.05) is 72.9 Å². The number of nitrogens with one attached hydrogen (secondary N) is 2. The Balaban J connectivity index is 1.62. The minimum absolute atomic E-state index is 0.0646. The summed E-state index contributed by atoms with van der Waals surface area (Å²) in [6.07, 6.45) is 0. The summed E-state index contributed by atoms with van der Waals surface area (Å²) in [4.78, 5) is 81.8. The average Bonchev–Trinajstić information content (AvgIpc) is 3.09. The summed E-state index contributed by atoms with van der Waals surface area (Å²) in [6, 6.07) is 13.3. The summed E-state index contributed by atoms with van der Waals surface area (Å²) in [5, 5.41) is 24.1. The highest BCUT2D eigenvalue weighted by Crippen LogP contribution is 2.04. The Morgan fingerprint density at radius 1 is 0.700 bits per heavy atom. The smallest absolute Gasteiger partial charge is 0.356 e. The van der Waals surface area contributed by atoms with E-state index < -0.39 is 40.6 Å². The van der Waals surface area contributed by atoms with Crippen LogP contribution in [0.2, 0.25) is 0 Å². The zero-order valence-corrected chi connectivity index (χ0v) is 27.8. The molecule has 17 heteroatoms. The molecule has 0 aliphatic rings. The van der Waals surface area contributed by atoms with Gasteiger partial charge in [-0.2, -0.15) is 0 Å². The average molecular weight is 700 g/mol. The molecule has 1 aromatic carbocycles. The Labute approximate surface area is 286 Å². The Morgan fingerprint density at radius 2 is 1.24 bits per heavy atom. The predicted octanol–water partition coefficient (Wildman–Crippen LogP) is -0.286. The lowest BCUT2D eigenvalue weighted by Crippen LogP contribution is -2.43. The van der Waals surface area contributed by atoms with Crippen LogP contribution in [0.4, 0.5) is 0 Å². The van der Waals surface area contributed by atoms with Gasteiger partial charge in [0.2, 0.25) is 0 Å². The van der Waals surface area contributed by atoms with Crippen molar-refractivity contribution in [2.45, 2.75) is 6.61 Å². The van der Waals surface area contributed by atoms with Gasteiger partial charge in [0.15, 0.2) is 5.69 Å². The normalized spacial score (nSPS) is 10.9. The van der Waals surface area contributed by atoms with Crippen LogP contribution in [0.15, 0.2) is 64.2 Å². The Kier molecular flexibility index (Phi) is 15.8. The fourth-order valence-electron chi connectivity index (χ4n) is 4.55. The van der Waals surface area contributed by atoms with Crippen molar-refractivity contribution >= 4 is 23.8 Å². The summed E-state index contributed by atoms with van der Waals surface area (Å²) >= 11 is 0. The molecule has 2 amide bonds. The van der Waals surface area contributed by atoms with Crippen LogP contribution in [0, 0.1) is 0 Å². The molecule has 0 aliphatic heterocycles. The van der Waals surface area contributed by atoms with Crippen molar-refractivity contribution in [1.29, 1.82) is 0 Å². The van der Waals surface area contributed by atoms with Crippen LogP contribution < -0.4 is 26.6 Å². The van der Waals surface area contributed by atoms with Gasteiger partial charge in [0.25, 0.3) is 22.9 Å². The Bertz CT molecular complexity index is 1720. The van der Waals surface area contributed by atoms with Gasteiger partial charge in [-0.3, -0.25) is 24.1 Å². The minimum atomic E-state index is -1.41. The fourth-order valence-corrected chi connectivity index (χ4v) is 4.55. The first-order chi connectivity index (χ1) is 24.0. The van der Waals surface area contributed by atoms with E-state index in [1.165, 1.54) is 13.1 Å². The van der Waals surface area contributed by atoms with E-state index in [9.17, 15) is 39.0 Å².